The first-order valence-corrected chi connectivity index (χ1v) is 6.84. The highest BCUT2D eigenvalue weighted by molar-refractivity contribution is 5.91. The lowest BCUT2D eigenvalue weighted by molar-refractivity contribution is -0.116. The van der Waals surface area contributed by atoms with Crippen molar-refractivity contribution in [3.8, 4) is 0 Å². The third-order valence-corrected chi connectivity index (χ3v) is 3.57. The van der Waals surface area contributed by atoms with Crippen molar-refractivity contribution in [2.45, 2.75) is 32.6 Å². The van der Waals surface area contributed by atoms with Crippen molar-refractivity contribution in [1.82, 2.24) is 5.32 Å². The van der Waals surface area contributed by atoms with Crippen molar-refractivity contribution in [2.24, 2.45) is 5.92 Å². The molecule has 0 spiro atoms. The highest BCUT2D eigenvalue weighted by atomic mass is 19.1. The van der Waals surface area contributed by atoms with Crippen LogP contribution in [0.2, 0.25) is 0 Å². The Kier molecular flexibility index (Phi) is 4.91. The van der Waals surface area contributed by atoms with Crippen LogP contribution in [0.5, 0.6) is 0 Å². The summed E-state index contributed by atoms with van der Waals surface area (Å²) in [6, 6.07) is 4.43. The van der Waals surface area contributed by atoms with Gasteiger partial charge in [-0.2, -0.15) is 0 Å². The largest absolute Gasteiger partial charge is 0.326 e. The van der Waals surface area contributed by atoms with Gasteiger partial charge in [-0.1, -0.05) is 6.07 Å². The Morgan fingerprint density at radius 3 is 3.11 bits per heavy atom. The van der Waals surface area contributed by atoms with Crippen LogP contribution in [0.3, 0.4) is 0 Å². The number of benzene rings is 1. The molecule has 1 N–H and O–H groups in total. The number of rotatable bonds is 4. The third-order valence-electron chi connectivity index (χ3n) is 3.57. The van der Waals surface area contributed by atoms with E-state index in [0.717, 1.165) is 37.9 Å². The molecule has 1 radical (unpaired) electrons. The minimum Gasteiger partial charge on any atom is -0.326 e. The van der Waals surface area contributed by atoms with Gasteiger partial charge in [0.25, 0.3) is 0 Å². The molecule has 1 fully saturated rings. The molecule has 0 bridgehead atoms. The molecule has 0 aromatic heterocycles. The molecule has 1 unspecified atom stereocenters. The Bertz CT molecular complexity index is 442. The summed E-state index contributed by atoms with van der Waals surface area (Å²) in [6.07, 6.45) is 3.64. The third kappa shape index (κ3) is 4.31. The van der Waals surface area contributed by atoms with Crippen LogP contribution in [-0.2, 0) is 4.79 Å². The zero-order valence-electron chi connectivity index (χ0n) is 11.3. The van der Waals surface area contributed by atoms with E-state index in [-0.39, 0.29) is 11.7 Å². The second-order valence-electron chi connectivity index (χ2n) is 5.18. The Hall–Kier alpha value is -1.42. The van der Waals surface area contributed by atoms with E-state index in [1.54, 1.807) is 6.07 Å². The van der Waals surface area contributed by atoms with E-state index in [0.29, 0.717) is 18.0 Å². The van der Waals surface area contributed by atoms with Gasteiger partial charge >= 0.3 is 0 Å². The summed E-state index contributed by atoms with van der Waals surface area (Å²) >= 11 is 0. The molecule has 1 aromatic rings. The number of piperidine rings is 1. The molecule has 1 aromatic carbocycles. The van der Waals surface area contributed by atoms with E-state index in [1.807, 2.05) is 6.92 Å². The molecule has 1 saturated heterocycles. The molecule has 1 heterocycles. The van der Waals surface area contributed by atoms with Crippen LogP contribution in [0.1, 0.15) is 31.2 Å². The number of carbonyl (C=O) groups is 1. The Balaban J connectivity index is 1.81. The predicted octanol–water partition coefficient (Wildman–Crippen LogP) is 2.87. The fourth-order valence-electron chi connectivity index (χ4n) is 2.37. The van der Waals surface area contributed by atoms with Gasteiger partial charge in [0.2, 0.25) is 5.91 Å². The number of amides is 1. The maximum absolute atomic E-state index is 13.1. The van der Waals surface area contributed by atoms with Gasteiger partial charge < -0.3 is 5.32 Å². The van der Waals surface area contributed by atoms with Crippen LogP contribution in [-0.4, -0.2) is 19.0 Å². The smallest absolute Gasteiger partial charge is 0.224 e. The molecule has 103 valence electrons. The first-order valence-electron chi connectivity index (χ1n) is 6.84. The van der Waals surface area contributed by atoms with Crippen LogP contribution in [0, 0.1) is 18.7 Å². The summed E-state index contributed by atoms with van der Waals surface area (Å²) in [5.74, 6) is 0.166. The normalized spacial score (nSPS) is 19.2. The molecule has 4 heteroatoms. The second kappa shape index (κ2) is 6.66. The standard InChI is InChI=1S/C15H20FN2O/c1-11-4-6-13(16)9-14(11)18-15(19)7-5-12-3-2-8-17-10-12/h4,6,9,12H,2-3,5,7-8,10H2,1H3,(H,18,19). The van der Waals surface area contributed by atoms with Crippen LogP contribution in [0.25, 0.3) is 0 Å². The molecule has 0 saturated carbocycles. The first kappa shape index (κ1) is 14.0. The molecule has 1 aliphatic rings. The monoisotopic (exact) mass is 263 g/mol. The molecule has 2 rings (SSSR count). The lowest BCUT2D eigenvalue weighted by Gasteiger charge is -2.21. The molecular formula is C15H20FN2O. The molecule has 3 nitrogen and oxygen atoms in total. The van der Waals surface area contributed by atoms with Gasteiger partial charge in [-0.25, -0.2) is 9.71 Å². The Morgan fingerprint density at radius 1 is 1.53 bits per heavy atom. The van der Waals surface area contributed by atoms with Crippen LogP contribution in [0.4, 0.5) is 10.1 Å². The fourth-order valence-corrected chi connectivity index (χ4v) is 2.37. The lowest BCUT2D eigenvalue weighted by atomic mass is 9.94. The van der Waals surface area contributed by atoms with E-state index in [1.165, 1.54) is 12.1 Å². The SMILES string of the molecule is Cc1ccc(F)cc1NC(=O)CCC1CCC[N]C1. The van der Waals surface area contributed by atoms with E-state index in [4.69, 9.17) is 0 Å². The van der Waals surface area contributed by atoms with Crippen LogP contribution < -0.4 is 10.6 Å². The minimum absolute atomic E-state index is 0.0423. The Labute approximate surface area is 113 Å². The van der Waals surface area contributed by atoms with Gasteiger partial charge in [0.05, 0.1) is 0 Å². The Morgan fingerprint density at radius 2 is 2.37 bits per heavy atom. The van der Waals surface area contributed by atoms with Crippen molar-refractivity contribution in [1.29, 1.82) is 0 Å². The average molecular weight is 263 g/mol. The number of nitrogens with zero attached hydrogens (tertiary/aromatic N) is 1. The topological polar surface area (TPSA) is 43.2 Å². The van der Waals surface area contributed by atoms with Gasteiger partial charge in [0.15, 0.2) is 0 Å². The first-order chi connectivity index (χ1) is 9.15. The van der Waals surface area contributed by atoms with Crippen molar-refractivity contribution in [3.63, 3.8) is 0 Å². The van der Waals surface area contributed by atoms with E-state index in [2.05, 4.69) is 10.6 Å². The van der Waals surface area contributed by atoms with Crippen molar-refractivity contribution >= 4 is 11.6 Å². The zero-order chi connectivity index (χ0) is 13.7. The summed E-state index contributed by atoms with van der Waals surface area (Å²) in [7, 11) is 0. The molecule has 0 aliphatic carbocycles. The summed E-state index contributed by atoms with van der Waals surface area (Å²) in [6.45, 7) is 3.70. The minimum atomic E-state index is -0.327. The van der Waals surface area contributed by atoms with Gasteiger partial charge in [-0.15, -0.1) is 0 Å². The number of hydrogen-bond donors (Lipinski definition) is 1. The number of anilines is 1. The number of carbonyl (C=O) groups excluding carboxylic acids is 1. The van der Waals surface area contributed by atoms with Crippen molar-refractivity contribution < 1.29 is 9.18 Å². The highest BCUT2D eigenvalue weighted by Crippen LogP contribution is 2.19. The van der Waals surface area contributed by atoms with E-state index < -0.39 is 0 Å². The van der Waals surface area contributed by atoms with Gasteiger partial charge in [-0.05, 0) is 49.8 Å². The maximum Gasteiger partial charge on any atom is 0.224 e. The van der Waals surface area contributed by atoms with Crippen molar-refractivity contribution in [2.75, 3.05) is 18.4 Å². The average Bonchev–Trinajstić information content (AvgIpc) is 2.42. The molecule has 1 aliphatic heterocycles. The van der Waals surface area contributed by atoms with Gasteiger partial charge in [-0.3, -0.25) is 4.79 Å². The molecular weight excluding hydrogens is 243 g/mol. The van der Waals surface area contributed by atoms with E-state index >= 15 is 0 Å². The summed E-state index contributed by atoms with van der Waals surface area (Å²) in [4.78, 5) is 11.9. The fraction of sp³-hybridized carbons (Fsp3) is 0.533. The number of hydrogen-bond acceptors (Lipinski definition) is 1. The molecule has 1 amide bonds. The number of nitrogens with one attached hydrogen (secondary N) is 1. The molecule has 19 heavy (non-hydrogen) atoms. The van der Waals surface area contributed by atoms with Crippen LogP contribution >= 0.6 is 0 Å². The number of halogens is 1. The lowest BCUT2D eigenvalue weighted by Crippen LogP contribution is -2.25. The summed E-state index contributed by atoms with van der Waals surface area (Å²) in [5, 5.41) is 7.15. The quantitative estimate of drug-likeness (QED) is 0.891. The van der Waals surface area contributed by atoms with Gasteiger partial charge in [0, 0.05) is 25.2 Å². The molecule has 1 atom stereocenters. The van der Waals surface area contributed by atoms with Crippen molar-refractivity contribution in [3.05, 3.63) is 29.6 Å². The summed E-state index contributed by atoms with van der Waals surface area (Å²) in [5.41, 5.74) is 1.45. The van der Waals surface area contributed by atoms with Crippen LogP contribution in [0.15, 0.2) is 18.2 Å². The second-order valence-corrected chi connectivity index (χ2v) is 5.18. The van der Waals surface area contributed by atoms with E-state index in [9.17, 15) is 9.18 Å². The summed E-state index contributed by atoms with van der Waals surface area (Å²) < 4.78 is 13.1. The zero-order valence-corrected chi connectivity index (χ0v) is 11.3. The highest BCUT2D eigenvalue weighted by Gasteiger charge is 2.15. The van der Waals surface area contributed by atoms with Gasteiger partial charge in [0.1, 0.15) is 5.82 Å². The predicted molar refractivity (Wildman–Crippen MR) is 73.6 cm³/mol. The maximum atomic E-state index is 13.1. The number of aryl methyl sites for hydroxylation is 1.